The molecule has 1 aromatic carbocycles. The predicted molar refractivity (Wildman–Crippen MR) is 97.6 cm³/mol. The van der Waals surface area contributed by atoms with Gasteiger partial charge in [-0.1, -0.05) is 68.6 Å². The van der Waals surface area contributed by atoms with Gasteiger partial charge in [0.2, 0.25) is 0 Å². The second-order valence-electron chi connectivity index (χ2n) is 5.60. The smallest absolute Gasteiger partial charge is 0.180 e. The van der Waals surface area contributed by atoms with Crippen molar-refractivity contribution < 1.29 is 0 Å². The number of thiazole rings is 1. The summed E-state index contributed by atoms with van der Waals surface area (Å²) in [6, 6.07) is 4.11. The minimum Gasteiger partial charge on any atom is -0.375 e. The molecule has 2 rings (SSSR count). The zero-order valence-corrected chi connectivity index (χ0v) is 17.0. The van der Waals surface area contributed by atoms with Gasteiger partial charge in [-0.3, -0.25) is 0 Å². The van der Waals surface area contributed by atoms with E-state index < -0.39 is 0 Å². The van der Waals surface area contributed by atoms with Gasteiger partial charge in [0.15, 0.2) is 5.13 Å². The Morgan fingerprint density at radius 3 is 2.20 bits per heavy atom. The van der Waals surface area contributed by atoms with Crippen LogP contribution in [-0.2, 0) is 11.8 Å². The molecule has 0 aliphatic rings. The maximum atomic E-state index is 5.91. The van der Waals surface area contributed by atoms with Crippen LogP contribution in [-0.4, -0.2) is 4.98 Å². The molecule has 2 nitrogen and oxygen atoms in total. The highest BCUT2D eigenvalue weighted by Crippen LogP contribution is 2.37. The molecule has 1 aromatic heterocycles. The normalized spacial score (nSPS) is 11.9. The van der Waals surface area contributed by atoms with E-state index in [-0.39, 0.29) is 5.41 Å². The highest BCUT2D eigenvalue weighted by Gasteiger charge is 2.23. The van der Waals surface area contributed by atoms with E-state index in [1.54, 1.807) is 11.3 Å². The zero-order chi connectivity index (χ0) is 15.1. The van der Waals surface area contributed by atoms with Crippen molar-refractivity contribution in [2.45, 2.75) is 32.6 Å². The number of nitrogens with two attached hydrogens (primary N) is 1. The first-order valence-corrected chi connectivity index (χ1v) is 9.27. The Morgan fingerprint density at radius 2 is 1.70 bits per heavy atom. The molecule has 20 heavy (non-hydrogen) atoms. The second-order valence-corrected chi connectivity index (χ2v) is 9.34. The summed E-state index contributed by atoms with van der Waals surface area (Å²) in [5.74, 6) is 0. The van der Waals surface area contributed by atoms with Crippen LogP contribution < -0.4 is 5.73 Å². The minimum absolute atomic E-state index is 0.00221. The van der Waals surface area contributed by atoms with Gasteiger partial charge in [0.1, 0.15) is 0 Å². The van der Waals surface area contributed by atoms with Crippen LogP contribution in [0, 0.1) is 0 Å². The molecule has 0 bridgehead atoms. The topological polar surface area (TPSA) is 38.9 Å². The van der Waals surface area contributed by atoms with Crippen molar-refractivity contribution in [1.29, 1.82) is 0 Å². The van der Waals surface area contributed by atoms with Crippen LogP contribution in [0.5, 0.6) is 0 Å². The molecule has 0 aliphatic carbocycles. The average Bonchev–Trinajstić information content (AvgIpc) is 2.64. The fourth-order valence-electron chi connectivity index (χ4n) is 1.98. The summed E-state index contributed by atoms with van der Waals surface area (Å²) in [6.45, 7) is 6.49. The van der Waals surface area contributed by atoms with Crippen LogP contribution in [0.3, 0.4) is 0 Å². The summed E-state index contributed by atoms with van der Waals surface area (Å²) < 4.78 is 3.19. The summed E-state index contributed by atoms with van der Waals surface area (Å²) in [5.41, 5.74) is 8.20. The van der Waals surface area contributed by atoms with Crippen LogP contribution in [0.15, 0.2) is 25.6 Å². The van der Waals surface area contributed by atoms with Gasteiger partial charge in [-0.25, -0.2) is 4.98 Å². The molecule has 108 valence electrons. The van der Waals surface area contributed by atoms with Gasteiger partial charge < -0.3 is 5.73 Å². The summed E-state index contributed by atoms with van der Waals surface area (Å²) >= 11 is 12.3. The van der Waals surface area contributed by atoms with Crippen molar-refractivity contribution >= 4 is 64.3 Å². The molecule has 0 unspecified atom stereocenters. The Hall–Kier alpha value is 0.0900. The minimum atomic E-state index is -0.00221. The Bertz CT molecular complexity index is 621. The molecule has 0 spiro atoms. The van der Waals surface area contributed by atoms with Crippen LogP contribution in [0.4, 0.5) is 5.13 Å². The van der Waals surface area contributed by atoms with E-state index in [1.165, 1.54) is 10.4 Å². The van der Waals surface area contributed by atoms with E-state index >= 15 is 0 Å². The van der Waals surface area contributed by atoms with Crippen LogP contribution in [0.25, 0.3) is 0 Å². The third kappa shape index (κ3) is 3.64. The lowest BCUT2D eigenvalue weighted by Gasteiger charge is -2.18. The molecule has 2 aromatic rings. The Kier molecular flexibility index (Phi) is 4.99. The molecule has 0 radical (unpaired) electrons. The number of hydrogen-bond acceptors (Lipinski definition) is 3. The van der Waals surface area contributed by atoms with Gasteiger partial charge >= 0.3 is 0 Å². The number of nitrogen functional groups attached to an aromatic ring is 1. The summed E-state index contributed by atoms with van der Waals surface area (Å²) in [5, 5.41) is 0.634. The average molecular weight is 483 g/mol. The highest BCUT2D eigenvalue weighted by atomic mass is 79.9. The Morgan fingerprint density at radius 1 is 1.15 bits per heavy atom. The third-order valence-electron chi connectivity index (χ3n) is 2.87. The Labute approximate surface area is 148 Å². The quantitative estimate of drug-likeness (QED) is 0.578. The number of hydrogen-bond donors (Lipinski definition) is 1. The number of anilines is 1. The zero-order valence-electron chi connectivity index (χ0n) is 11.4. The van der Waals surface area contributed by atoms with Crippen LogP contribution >= 0.6 is 59.1 Å². The van der Waals surface area contributed by atoms with E-state index in [0.717, 1.165) is 25.5 Å². The highest BCUT2D eigenvalue weighted by molar-refractivity contribution is 9.11. The van der Waals surface area contributed by atoms with E-state index in [9.17, 15) is 0 Å². The van der Waals surface area contributed by atoms with Crippen molar-refractivity contribution in [3.05, 3.63) is 41.7 Å². The second kappa shape index (κ2) is 6.07. The molecule has 1 heterocycles. The van der Waals surface area contributed by atoms with Crippen molar-refractivity contribution in [2.75, 3.05) is 5.73 Å². The third-order valence-corrected chi connectivity index (χ3v) is 5.62. The lowest BCUT2D eigenvalue weighted by Crippen LogP contribution is -2.14. The monoisotopic (exact) mass is 480 g/mol. The van der Waals surface area contributed by atoms with Crippen molar-refractivity contribution in [3.63, 3.8) is 0 Å². The number of halogens is 3. The fourth-order valence-corrected chi connectivity index (χ4v) is 5.57. The van der Waals surface area contributed by atoms with Crippen LogP contribution in [0.1, 0.15) is 36.9 Å². The lowest BCUT2D eigenvalue weighted by molar-refractivity contribution is 0.568. The summed E-state index contributed by atoms with van der Waals surface area (Å²) in [7, 11) is 0. The number of nitrogens with zero attached hydrogens (tertiary/aromatic N) is 1. The number of benzene rings is 1. The molecule has 0 aliphatic heterocycles. The molecule has 0 fully saturated rings. The van der Waals surface area contributed by atoms with Crippen LogP contribution in [0.2, 0.25) is 0 Å². The van der Waals surface area contributed by atoms with Crippen molar-refractivity contribution in [3.8, 4) is 0 Å². The van der Waals surface area contributed by atoms with Gasteiger partial charge in [0.25, 0.3) is 0 Å². The first kappa shape index (κ1) is 16.5. The van der Waals surface area contributed by atoms with E-state index in [4.69, 9.17) is 5.73 Å². The standard InChI is InChI=1S/C14H15Br3N2S/c1-14(2,3)12-11(20-13(18)19-12)6-8-9(16)4-7(15)5-10(8)17/h4-5H,6H2,1-3H3,(H2,18,19). The van der Waals surface area contributed by atoms with Gasteiger partial charge in [-0.05, 0) is 17.7 Å². The molecular formula is C14H15Br3N2S. The molecule has 6 heteroatoms. The molecular weight excluding hydrogens is 468 g/mol. The molecule has 0 saturated carbocycles. The van der Waals surface area contributed by atoms with Gasteiger partial charge in [0, 0.05) is 30.1 Å². The first-order chi connectivity index (χ1) is 9.18. The summed E-state index contributed by atoms with van der Waals surface area (Å²) in [6.07, 6.45) is 0.815. The lowest BCUT2D eigenvalue weighted by atomic mass is 9.90. The van der Waals surface area contributed by atoms with Crippen molar-refractivity contribution in [2.24, 2.45) is 0 Å². The predicted octanol–water partition coefficient (Wildman–Crippen LogP) is 5.90. The number of rotatable bonds is 2. The van der Waals surface area contributed by atoms with E-state index in [0.29, 0.717) is 5.13 Å². The SMILES string of the molecule is CC(C)(C)c1nc(N)sc1Cc1c(Br)cc(Br)cc1Br. The van der Waals surface area contributed by atoms with E-state index in [2.05, 4.69) is 85.7 Å². The maximum Gasteiger partial charge on any atom is 0.180 e. The first-order valence-electron chi connectivity index (χ1n) is 6.07. The van der Waals surface area contributed by atoms with Gasteiger partial charge in [-0.2, -0.15) is 0 Å². The Balaban J connectivity index is 2.46. The fraction of sp³-hybridized carbons (Fsp3) is 0.357. The number of aromatic nitrogens is 1. The molecule has 2 N–H and O–H groups in total. The van der Waals surface area contributed by atoms with Gasteiger partial charge in [0.05, 0.1) is 5.69 Å². The maximum absolute atomic E-state index is 5.91. The molecule has 0 atom stereocenters. The van der Waals surface area contributed by atoms with E-state index in [1.807, 2.05) is 0 Å². The van der Waals surface area contributed by atoms with Crippen molar-refractivity contribution in [1.82, 2.24) is 4.98 Å². The summed E-state index contributed by atoms with van der Waals surface area (Å²) in [4.78, 5) is 5.73. The molecule has 0 amide bonds. The van der Waals surface area contributed by atoms with Gasteiger partial charge in [-0.15, -0.1) is 11.3 Å². The molecule has 0 saturated heterocycles. The largest absolute Gasteiger partial charge is 0.375 e.